The van der Waals surface area contributed by atoms with Gasteiger partial charge in [0.25, 0.3) is 0 Å². The Kier molecular flexibility index (Phi) is 11.5. The van der Waals surface area contributed by atoms with Crippen LogP contribution in [0, 0.1) is 0 Å². The van der Waals surface area contributed by atoms with E-state index in [1.165, 1.54) is 252 Å². The van der Waals surface area contributed by atoms with Crippen LogP contribution >= 0.6 is 0 Å². The molecule has 0 fully saturated rings. The van der Waals surface area contributed by atoms with E-state index in [0.717, 1.165) is 77.0 Å². The van der Waals surface area contributed by atoms with Crippen molar-refractivity contribution in [3.63, 3.8) is 0 Å². The van der Waals surface area contributed by atoms with Gasteiger partial charge in [-0.15, -0.1) is 0 Å². The fraction of sp³-hybridized carbons (Fsp3) is 0.121. The highest BCUT2D eigenvalue weighted by molar-refractivity contribution is 6.05. The highest BCUT2D eigenvalue weighted by Gasteiger charge is 2.43. The van der Waals surface area contributed by atoms with E-state index in [9.17, 15) is 0 Å². The summed E-state index contributed by atoms with van der Waals surface area (Å²) in [6.45, 7) is 0. The Hall–Kier alpha value is -12.5. The molecule has 0 saturated carbocycles. The van der Waals surface area contributed by atoms with Crippen molar-refractivity contribution in [2.75, 3.05) is 14.7 Å². The normalized spacial score (nSPS) is 14.9. The lowest BCUT2D eigenvalue weighted by Gasteiger charge is -2.41. The molecule has 0 unspecified atom stereocenters. The Labute approximate surface area is 609 Å². The maximum absolute atomic E-state index is 4.96. The van der Waals surface area contributed by atoms with Crippen LogP contribution in [0.15, 0.2) is 255 Å². The summed E-state index contributed by atoms with van der Waals surface area (Å²) in [6.07, 6.45) is 20.0. The maximum atomic E-state index is 4.96. The van der Waals surface area contributed by atoms with Crippen LogP contribution in [0.25, 0.3) is 66.8 Å². The zero-order valence-corrected chi connectivity index (χ0v) is 57.9. The number of nitrogens with zero attached hydrogens (tertiary/aromatic N) is 6. The number of hydrogen-bond donors (Lipinski definition) is 0. The van der Waals surface area contributed by atoms with Crippen molar-refractivity contribution in [3.05, 3.63) is 389 Å². The number of anilines is 9. The van der Waals surface area contributed by atoms with Crippen molar-refractivity contribution in [1.82, 2.24) is 15.0 Å². The molecular formula is C99H66N6. The molecule has 6 nitrogen and oxygen atoms in total. The quantitative estimate of drug-likeness (QED) is 0.151. The SMILES string of the molecule is c1ccc2c(c1)Cc1ccc3c(c1-2)Cc1ccnc2c1N3c1c(ccc3c1-c1ccccc1C3)C2.c1ccc2c(c1)Cc1ccc3c(c1-2)Cc1cncc2c1N3c1c(ccc3c1-c1ccccc1C3)C2.c1ccc2c(c1)Cc1ccc3c(c1-2)Cc1nccc2c1N3c1c(ccc3c1-c1ccccc1C3)C2. The Balaban J connectivity index is 0.0000000914. The second kappa shape index (κ2) is 21.1. The van der Waals surface area contributed by atoms with Gasteiger partial charge in [0.1, 0.15) is 0 Å². The molecule has 12 aromatic carbocycles. The van der Waals surface area contributed by atoms with Gasteiger partial charge >= 0.3 is 0 Å². The fourth-order valence-corrected chi connectivity index (χ4v) is 21.4. The van der Waals surface area contributed by atoms with Crippen LogP contribution in [-0.4, -0.2) is 15.0 Å². The maximum Gasteiger partial charge on any atom is 0.0716 e. The minimum atomic E-state index is 0.896. The van der Waals surface area contributed by atoms with E-state index >= 15 is 0 Å². The third kappa shape index (κ3) is 7.85. The van der Waals surface area contributed by atoms with Gasteiger partial charge in [-0.3, -0.25) is 15.0 Å². The number of fused-ring (bicyclic) bond motifs is 36. The minimum Gasteiger partial charge on any atom is -0.309 e. The molecule has 6 aliphatic carbocycles. The zero-order valence-electron chi connectivity index (χ0n) is 57.9. The molecule has 15 aromatic rings. The van der Waals surface area contributed by atoms with Crippen molar-refractivity contribution < 1.29 is 0 Å². The lowest BCUT2D eigenvalue weighted by Crippen LogP contribution is -2.26. The first-order valence-electron chi connectivity index (χ1n) is 37.7. The summed E-state index contributed by atoms with van der Waals surface area (Å²) < 4.78 is 0. The Morgan fingerprint density at radius 2 is 0.457 bits per heavy atom. The Bertz CT molecular complexity index is 5900. The van der Waals surface area contributed by atoms with E-state index in [1.807, 2.05) is 12.4 Å². The molecular weight excluding hydrogens is 1270 g/mol. The second-order valence-electron chi connectivity index (χ2n) is 31.0. The number of pyridine rings is 3. The van der Waals surface area contributed by atoms with Crippen LogP contribution in [0.1, 0.15) is 134 Å². The third-order valence-electron chi connectivity index (χ3n) is 25.7. The number of aromatic nitrogens is 3. The number of hydrogen-bond acceptors (Lipinski definition) is 6. The molecule has 0 bridgehead atoms. The van der Waals surface area contributed by atoms with Crippen molar-refractivity contribution in [2.45, 2.75) is 77.0 Å². The lowest BCUT2D eigenvalue weighted by atomic mass is 9.83. The molecule has 0 radical (unpaired) electrons. The second-order valence-corrected chi connectivity index (χ2v) is 31.0. The smallest absolute Gasteiger partial charge is 0.0716 e. The summed E-state index contributed by atoms with van der Waals surface area (Å²) in [5.41, 5.74) is 63.0. The highest BCUT2D eigenvalue weighted by Crippen LogP contribution is 2.62. The molecule has 0 N–H and O–H groups in total. The van der Waals surface area contributed by atoms with Gasteiger partial charge in [0.05, 0.1) is 62.6 Å². The number of rotatable bonds is 0. The lowest BCUT2D eigenvalue weighted by molar-refractivity contribution is 0.960. The van der Waals surface area contributed by atoms with Crippen LogP contribution in [0.4, 0.5) is 51.2 Å². The largest absolute Gasteiger partial charge is 0.309 e. The van der Waals surface area contributed by atoms with Crippen LogP contribution in [0.5, 0.6) is 0 Å². The first-order chi connectivity index (χ1) is 52.0. The molecule has 9 heterocycles. The van der Waals surface area contributed by atoms with Gasteiger partial charge in [0.2, 0.25) is 0 Å². The van der Waals surface area contributed by atoms with Gasteiger partial charge in [-0.2, -0.15) is 0 Å². The predicted molar refractivity (Wildman–Crippen MR) is 423 cm³/mol. The monoisotopic (exact) mass is 1340 g/mol. The highest BCUT2D eigenvalue weighted by atomic mass is 15.2. The summed E-state index contributed by atoms with van der Waals surface area (Å²) in [6, 6.07) is 86.7. The van der Waals surface area contributed by atoms with Gasteiger partial charge in [-0.05, 0) is 241 Å². The standard InChI is InChI=1S/3C33H22N2/c1-3-7-26-19(5-1)13-21-11-12-29-28(30(21)26)16-25-18-34-17-24-15-23-10-9-22-14-20-6-2-4-8-27(20)31(22)33(23)35(29)32(24)25;1-3-7-25-19(5-1)15-21-11-12-29-27(30(21)25)17-24-13-14-34-28-18-23-10-9-22-16-20-6-2-4-8-26(20)31(22)33(23)35(29)32(24)28;1-3-7-25-19(5-1)15-21-11-12-29-27(30(21)25)18-28-32-24(13-14-34-28)17-23-10-9-22-16-20-6-2-4-8-26(20)31(22)33(23)35(29)32/h1-12,17-18H,13-16H2;2*1-14H,15-18H2. The molecule has 0 amide bonds. The van der Waals surface area contributed by atoms with Crippen LogP contribution < -0.4 is 14.7 Å². The molecule has 6 aliphatic heterocycles. The predicted octanol–water partition coefficient (Wildman–Crippen LogP) is 22.5. The Morgan fingerprint density at radius 1 is 0.190 bits per heavy atom. The molecule has 3 aromatic heterocycles. The first-order valence-corrected chi connectivity index (χ1v) is 37.7. The van der Waals surface area contributed by atoms with Crippen LogP contribution in [0.3, 0.4) is 0 Å². The third-order valence-corrected chi connectivity index (χ3v) is 25.7. The molecule has 6 heteroatoms. The molecule has 105 heavy (non-hydrogen) atoms. The van der Waals surface area contributed by atoms with E-state index in [1.54, 1.807) is 0 Å². The fourth-order valence-electron chi connectivity index (χ4n) is 21.4. The van der Waals surface area contributed by atoms with Gasteiger partial charge in [-0.25, -0.2) is 0 Å². The molecule has 0 spiro atoms. The molecule has 0 saturated heterocycles. The minimum absolute atomic E-state index is 0.896. The molecule has 27 rings (SSSR count). The topological polar surface area (TPSA) is 48.4 Å². The van der Waals surface area contributed by atoms with Crippen LogP contribution in [-0.2, 0) is 77.0 Å². The summed E-state index contributed by atoms with van der Waals surface area (Å²) in [7, 11) is 0. The van der Waals surface area contributed by atoms with E-state index in [0.29, 0.717) is 0 Å². The first kappa shape index (κ1) is 57.1. The summed E-state index contributed by atoms with van der Waals surface area (Å²) in [4.78, 5) is 22.3. The van der Waals surface area contributed by atoms with E-state index in [2.05, 4.69) is 258 Å². The number of benzene rings is 12. The van der Waals surface area contributed by atoms with Crippen molar-refractivity contribution in [1.29, 1.82) is 0 Å². The van der Waals surface area contributed by atoms with Crippen molar-refractivity contribution >= 4 is 51.2 Å². The Morgan fingerprint density at radius 3 is 0.867 bits per heavy atom. The van der Waals surface area contributed by atoms with Gasteiger partial charge in [0.15, 0.2) is 0 Å². The van der Waals surface area contributed by atoms with Crippen molar-refractivity contribution in [3.8, 4) is 66.8 Å². The van der Waals surface area contributed by atoms with E-state index in [-0.39, 0.29) is 0 Å². The van der Waals surface area contributed by atoms with Crippen molar-refractivity contribution in [2.24, 2.45) is 0 Å². The zero-order chi connectivity index (χ0) is 68.0. The van der Waals surface area contributed by atoms with E-state index < -0.39 is 0 Å². The molecule has 0 atom stereocenters. The molecule has 12 aliphatic rings. The average molecular weight is 1340 g/mol. The summed E-state index contributed by atoms with van der Waals surface area (Å²) in [5, 5.41) is 0. The van der Waals surface area contributed by atoms with Crippen LogP contribution in [0.2, 0.25) is 0 Å². The van der Waals surface area contributed by atoms with Gasteiger partial charge < -0.3 is 14.7 Å². The average Bonchev–Trinajstić information content (AvgIpc) is 1.70. The summed E-state index contributed by atoms with van der Waals surface area (Å²) in [5.74, 6) is 0. The summed E-state index contributed by atoms with van der Waals surface area (Å²) >= 11 is 0. The van der Waals surface area contributed by atoms with Gasteiger partial charge in [-0.1, -0.05) is 200 Å². The van der Waals surface area contributed by atoms with Gasteiger partial charge in [0, 0.05) is 80.0 Å². The molecule has 492 valence electrons. The van der Waals surface area contributed by atoms with E-state index in [4.69, 9.17) is 15.0 Å².